The molecule has 1 atom stereocenters. The van der Waals surface area contributed by atoms with E-state index in [0.717, 1.165) is 0 Å². The van der Waals surface area contributed by atoms with E-state index in [1.807, 2.05) is 19.9 Å². The van der Waals surface area contributed by atoms with Crippen LogP contribution in [-0.2, 0) is 9.59 Å². The van der Waals surface area contributed by atoms with Crippen molar-refractivity contribution in [2.75, 3.05) is 11.5 Å². The number of benzene rings is 3. The maximum Gasteiger partial charge on any atom is 0.302 e. The highest BCUT2D eigenvalue weighted by molar-refractivity contribution is 6.51. The number of carbonyl (C=O) groups is 2. The summed E-state index contributed by atoms with van der Waals surface area (Å²) in [6.07, 6.45) is 0. The molecule has 1 fully saturated rings. The van der Waals surface area contributed by atoms with Crippen molar-refractivity contribution in [3.8, 4) is 5.75 Å². The number of rotatable bonds is 6. The largest absolute Gasteiger partial charge is 0.507 e. The molecule has 8 heteroatoms. The molecular formula is C28H24FN3O4. The zero-order chi connectivity index (χ0) is 25.4. The molecule has 1 saturated heterocycles. The Bertz CT molecular complexity index is 1490. The number of ketones is 1. The van der Waals surface area contributed by atoms with E-state index >= 15 is 0 Å². The standard InChI is InChI=1S/C28H24FN3O4/c1-16(2)15-36-20-10-6-9-18(13-20)25(33)23-24(17-7-4-3-5-8-17)32(27(35)26(23)34)28-30-21-12-11-19(29)14-22(21)31-28/h3-14,16,24,33H,15H2,1-2H3,(H,30,31)/b25-23+. The van der Waals surface area contributed by atoms with Gasteiger partial charge in [0.05, 0.1) is 29.3 Å². The van der Waals surface area contributed by atoms with Gasteiger partial charge < -0.3 is 14.8 Å². The molecule has 2 N–H and O–H groups in total. The number of anilines is 1. The first-order valence-corrected chi connectivity index (χ1v) is 11.6. The van der Waals surface area contributed by atoms with Gasteiger partial charge >= 0.3 is 5.91 Å². The van der Waals surface area contributed by atoms with Crippen molar-refractivity contribution >= 4 is 34.4 Å². The van der Waals surface area contributed by atoms with Crippen molar-refractivity contribution in [1.29, 1.82) is 0 Å². The van der Waals surface area contributed by atoms with Gasteiger partial charge in [0.25, 0.3) is 5.78 Å². The van der Waals surface area contributed by atoms with Gasteiger partial charge in [-0.25, -0.2) is 9.37 Å². The van der Waals surface area contributed by atoms with Gasteiger partial charge in [-0.2, -0.15) is 0 Å². The first-order valence-electron chi connectivity index (χ1n) is 11.6. The second kappa shape index (κ2) is 9.30. The highest BCUT2D eigenvalue weighted by atomic mass is 19.1. The van der Waals surface area contributed by atoms with Gasteiger partial charge in [0.1, 0.15) is 17.3 Å². The van der Waals surface area contributed by atoms with Crippen LogP contribution in [0.3, 0.4) is 0 Å². The number of halogens is 1. The van der Waals surface area contributed by atoms with Gasteiger partial charge in [-0.05, 0) is 41.8 Å². The quantitative estimate of drug-likeness (QED) is 0.218. The molecule has 1 unspecified atom stereocenters. The number of aromatic amines is 1. The molecule has 0 saturated carbocycles. The van der Waals surface area contributed by atoms with Gasteiger partial charge in [-0.3, -0.25) is 14.5 Å². The van der Waals surface area contributed by atoms with Crippen LogP contribution in [0, 0.1) is 11.7 Å². The number of hydrogen-bond donors (Lipinski definition) is 2. The number of Topliss-reactive ketones (excluding diaryl/α,β-unsaturated/α-hetero) is 1. The number of aliphatic hydroxyl groups excluding tert-OH is 1. The van der Waals surface area contributed by atoms with Crippen LogP contribution in [0.4, 0.5) is 10.3 Å². The number of imidazole rings is 1. The van der Waals surface area contributed by atoms with E-state index in [1.165, 1.54) is 23.1 Å². The number of ether oxygens (including phenoxy) is 1. The van der Waals surface area contributed by atoms with E-state index in [2.05, 4.69) is 9.97 Å². The minimum absolute atomic E-state index is 0.0705. The third kappa shape index (κ3) is 4.22. The van der Waals surface area contributed by atoms with Gasteiger partial charge in [0, 0.05) is 5.56 Å². The lowest BCUT2D eigenvalue weighted by Gasteiger charge is -2.23. The zero-order valence-corrected chi connectivity index (χ0v) is 19.7. The Kier molecular flexibility index (Phi) is 6.01. The van der Waals surface area contributed by atoms with Gasteiger partial charge in [0.2, 0.25) is 5.95 Å². The van der Waals surface area contributed by atoms with Gasteiger partial charge in [-0.15, -0.1) is 0 Å². The summed E-state index contributed by atoms with van der Waals surface area (Å²) >= 11 is 0. The summed E-state index contributed by atoms with van der Waals surface area (Å²) in [6, 6.07) is 18.7. The third-order valence-corrected chi connectivity index (χ3v) is 5.91. The summed E-state index contributed by atoms with van der Waals surface area (Å²) in [7, 11) is 0. The SMILES string of the molecule is CC(C)COc1cccc(/C(O)=C2\C(=O)C(=O)N(c3nc4ccc(F)cc4[nH]3)C2c2ccccc2)c1. The molecule has 4 aromatic rings. The Morgan fingerprint density at radius 3 is 2.61 bits per heavy atom. The minimum Gasteiger partial charge on any atom is -0.507 e. The molecule has 182 valence electrons. The van der Waals surface area contributed by atoms with Crippen LogP contribution in [0.2, 0.25) is 0 Å². The zero-order valence-electron chi connectivity index (χ0n) is 19.7. The van der Waals surface area contributed by atoms with Crippen molar-refractivity contribution in [2.45, 2.75) is 19.9 Å². The fourth-order valence-corrected chi connectivity index (χ4v) is 4.24. The highest BCUT2D eigenvalue weighted by Gasteiger charge is 2.48. The molecule has 0 bridgehead atoms. The van der Waals surface area contributed by atoms with Crippen molar-refractivity contribution in [3.05, 3.63) is 95.3 Å². The number of nitrogens with one attached hydrogen (secondary N) is 1. The molecule has 5 rings (SSSR count). The summed E-state index contributed by atoms with van der Waals surface area (Å²) in [5.74, 6) is -1.54. The second-order valence-corrected chi connectivity index (χ2v) is 9.03. The van der Waals surface area contributed by atoms with Crippen LogP contribution in [-0.4, -0.2) is 33.4 Å². The smallest absolute Gasteiger partial charge is 0.302 e. The van der Waals surface area contributed by atoms with Gasteiger partial charge in [-0.1, -0.05) is 56.3 Å². The molecule has 3 aromatic carbocycles. The number of H-pyrrole nitrogens is 1. The predicted octanol–water partition coefficient (Wildman–Crippen LogP) is 5.36. The van der Waals surface area contributed by atoms with E-state index in [4.69, 9.17) is 4.74 Å². The monoisotopic (exact) mass is 485 g/mol. The predicted molar refractivity (Wildman–Crippen MR) is 134 cm³/mol. The van der Waals surface area contributed by atoms with Crippen molar-refractivity contribution in [2.24, 2.45) is 5.92 Å². The van der Waals surface area contributed by atoms with E-state index in [-0.39, 0.29) is 17.3 Å². The molecule has 1 aromatic heterocycles. The minimum atomic E-state index is -0.947. The number of carbonyl (C=O) groups excluding carboxylic acids is 2. The molecular weight excluding hydrogens is 461 g/mol. The average Bonchev–Trinajstić information content (AvgIpc) is 3.40. The molecule has 2 heterocycles. The maximum atomic E-state index is 13.8. The lowest BCUT2D eigenvalue weighted by Crippen LogP contribution is -2.30. The number of nitrogens with zero attached hydrogens (tertiary/aromatic N) is 2. The molecule has 7 nitrogen and oxygen atoms in total. The fourth-order valence-electron chi connectivity index (χ4n) is 4.24. The van der Waals surface area contributed by atoms with Crippen LogP contribution in [0.5, 0.6) is 5.75 Å². The molecule has 1 aliphatic rings. The maximum absolute atomic E-state index is 13.8. The summed E-state index contributed by atoms with van der Waals surface area (Å²) in [5.41, 5.74) is 1.71. The van der Waals surface area contributed by atoms with Crippen molar-refractivity contribution < 1.29 is 23.8 Å². The normalized spacial score (nSPS) is 17.3. The molecule has 1 aliphatic heterocycles. The van der Waals surface area contributed by atoms with E-state index in [9.17, 15) is 19.1 Å². The summed E-state index contributed by atoms with van der Waals surface area (Å²) in [5, 5.41) is 11.3. The number of fused-ring (bicyclic) bond motifs is 1. The Morgan fingerprint density at radius 2 is 1.86 bits per heavy atom. The highest BCUT2D eigenvalue weighted by Crippen LogP contribution is 2.41. The van der Waals surface area contributed by atoms with Crippen LogP contribution < -0.4 is 9.64 Å². The van der Waals surface area contributed by atoms with Crippen LogP contribution in [0.1, 0.15) is 31.0 Å². The van der Waals surface area contributed by atoms with Crippen LogP contribution in [0.25, 0.3) is 16.8 Å². The number of aromatic nitrogens is 2. The Hall–Kier alpha value is -4.46. The Labute approximate surface area is 206 Å². The number of aliphatic hydroxyl groups is 1. The lowest BCUT2D eigenvalue weighted by atomic mass is 9.95. The first kappa shape index (κ1) is 23.3. The van der Waals surface area contributed by atoms with E-state index < -0.39 is 23.5 Å². The number of amides is 1. The molecule has 0 aliphatic carbocycles. The molecule has 1 amide bonds. The second-order valence-electron chi connectivity index (χ2n) is 9.03. The average molecular weight is 486 g/mol. The van der Waals surface area contributed by atoms with Crippen molar-refractivity contribution in [1.82, 2.24) is 9.97 Å². The first-order chi connectivity index (χ1) is 17.3. The Morgan fingerprint density at radius 1 is 1.08 bits per heavy atom. The molecule has 36 heavy (non-hydrogen) atoms. The fraction of sp³-hybridized carbons (Fsp3) is 0.179. The number of hydrogen-bond acceptors (Lipinski definition) is 5. The van der Waals surface area contributed by atoms with Crippen LogP contribution in [0.15, 0.2) is 78.4 Å². The topological polar surface area (TPSA) is 95.5 Å². The third-order valence-electron chi connectivity index (χ3n) is 5.91. The van der Waals surface area contributed by atoms with Crippen LogP contribution >= 0.6 is 0 Å². The van der Waals surface area contributed by atoms with E-state index in [0.29, 0.717) is 40.4 Å². The van der Waals surface area contributed by atoms with E-state index in [1.54, 1.807) is 48.5 Å². The Balaban J connectivity index is 1.65. The van der Waals surface area contributed by atoms with Gasteiger partial charge in [0.15, 0.2) is 0 Å². The molecule has 0 radical (unpaired) electrons. The van der Waals surface area contributed by atoms with Crippen molar-refractivity contribution in [3.63, 3.8) is 0 Å². The summed E-state index contributed by atoms with van der Waals surface area (Å²) in [4.78, 5) is 35.2. The lowest BCUT2D eigenvalue weighted by molar-refractivity contribution is -0.132. The summed E-state index contributed by atoms with van der Waals surface area (Å²) < 4.78 is 19.5. The molecule has 0 spiro atoms. The summed E-state index contributed by atoms with van der Waals surface area (Å²) in [6.45, 7) is 4.54.